The predicted octanol–water partition coefficient (Wildman–Crippen LogP) is 6.93. The van der Waals surface area contributed by atoms with E-state index in [-0.39, 0.29) is 0 Å². The molecule has 0 N–H and O–H groups in total. The highest BCUT2D eigenvalue weighted by molar-refractivity contribution is 5.45. The maximum atomic E-state index is 13.9. The van der Waals surface area contributed by atoms with Gasteiger partial charge in [-0.05, 0) is 72.9 Å². The Kier molecular flexibility index (Phi) is 9.03. The van der Waals surface area contributed by atoms with Crippen molar-refractivity contribution in [3.63, 3.8) is 0 Å². The number of hydrogen-bond donors (Lipinski definition) is 0. The summed E-state index contributed by atoms with van der Waals surface area (Å²) in [5.74, 6) is 7.44. The number of allylic oxidation sites excluding steroid dienone is 2. The quantitative estimate of drug-likeness (QED) is 0.480. The maximum absolute atomic E-state index is 13.9. The molecule has 0 nitrogen and oxygen atoms in total. The number of aryl methyl sites for hydroxylation is 2. The van der Waals surface area contributed by atoms with Crippen molar-refractivity contribution in [2.45, 2.75) is 52.4 Å². The molecule has 0 saturated heterocycles. The summed E-state index contributed by atoms with van der Waals surface area (Å²) in [7, 11) is 0. The molecule has 0 bridgehead atoms. The van der Waals surface area contributed by atoms with Gasteiger partial charge in [-0.3, -0.25) is 0 Å². The van der Waals surface area contributed by atoms with E-state index in [1.54, 1.807) is 0 Å². The van der Waals surface area contributed by atoms with Gasteiger partial charge < -0.3 is 0 Å². The van der Waals surface area contributed by atoms with E-state index < -0.39 is 11.7 Å². The zero-order valence-electron chi connectivity index (χ0n) is 16.6. The van der Waals surface area contributed by atoms with Gasteiger partial charge in [0.15, 0.2) is 0 Å². The Hall–Kier alpha value is -2.84. The number of unbranched alkanes of at least 4 members (excludes halogenated alkanes) is 2. The van der Waals surface area contributed by atoms with Crippen LogP contribution in [0.1, 0.15) is 61.8 Å². The van der Waals surface area contributed by atoms with Crippen LogP contribution in [0.15, 0.2) is 60.2 Å². The smallest absolute Gasteiger partial charge is 0.193 e. The van der Waals surface area contributed by atoms with Gasteiger partial charge in [-0.2, -0.15) is 8.78 Å². The van der Waals surface area contributed by atoms with Gasteiger partial charge in [-0.25, -0.2) is 0 Å². The lowest BCUT2D eigenvalue weighted by Crippen LogP contribution is -1.85. The summed E-state index contributed by atoms with van der Waals surface area (Å²) in [5, 5.41) is 0. The molecule has 2 heteroatoms. The number of halogens is 2. The molecule has 0 amide bonds. The summed E-state index contributed by atoms with van der Waals surface area (Å²) < 4.78 is 27.7. The van der Waals surface area contributed by atoms with Crippen LogP contribution in [0, 0.1) is 23.7 Å². The molecule has 2 aromatic carbocycles. The Morgan fingerprint density at radius 3 is 1.32 bits per heavy atom. The summed E-state index contributed by atoms with van der Waals surface area (Å²) in [4.78, 5) is 0. The second-order valence-electron chi connectivity index (χ2n) is 6.73. The topological polar surface area (TPSA) is 0 Å². The van der Waals surface area contributed by atoms with E-state index >= 15 is 0 Å². The summed E-state index contributed by atoms with van der Waals surface area (Å²) in [6, 6.07) is 15.2. The Labute approximate surface area is 167 Å². The van der Waals surface area contributed by atoms with Gasteiger partial charge >= 0.3 is 0 Å². The van der Waals surface area contributed by atoms with Crippen molar-refractivity contribution in [3.05, 3.63) is 82.4 Å². The summed E-state index contributed by atoms with van der Waals surface area (Å²) in [6.45, 7) is 4.30. The molecule has 2 rings (SSSR count). The zero-order chi connectivity index (χ0) is 20.2. The fourth-order valence-electron chi connectivity index (χ4n) is 2.64. The van der Waals surface area contributed by atoms with E-state index in [4.69, 9.17) is 0 Å². The fraction of sp³-hybridized carbons (Fsp3) is 0.308. The van der Waals surface area contributed by atoms with Crippen LogP contribution in [0.5, 0.6) is 0 Å². The standard InChI is InChI=1S/C26H26F2/c1-3-5-7-21-9-13-23(14-10-21)17-19-25(27)26(28)20-18-24-15-11-22(12-16-24)8-6-4-2/h9-16H,3-8H2,1-2H3. The molecule has 0 atom stereocenters. The van der Waals surface area contributed by atoms with Gasteiger partial charge in [-0.1, -0.05) is 62.8 Å². The zero-order valence-corrected chi connectivity index (χ0v) is 16.6. The number of hydrogen-bond acceptors (Lipinski definition) is 0. The molecule has 0 aromatic heterocycles. The average molecular weight is 376 g/mol. The molecule has 0 aliphatic rings. The SMILES string of the molecule is CCCCc1ccc(C#CC(F)=C(F)C#Cc2ccc(CCCC)cc2)cc1. The second-order valence-corrected chi connectivity index (χ2v) is 6.73. The first-order valence-electron chi connectivity index (χ1n) is 9.89. The highest BCUT2D eigenvalue weighted by Crippen LogP contribution is 2.10. The highest BCUT2D eigenvalue weighted by Gasteiger charge is 2.00. The third-order valence-electron chi connectivity index (χ3n) is 4.37. The molecule has 0 unspecified atom stereocenters. The Bertz CT molecular complexity index is 818. The van der Waals surface area contributed by atoms with Crippen molar-refractivity contribution in [2.24, 2.45) is 0 Å². The van der Waals surface area contributed by atoms with Crippen molar-refractivity contribution in [1.29, 1.82) is 0 Å². The third-order valence-corrected chi connectivity index (χ3v) is 4.37. The first-order valence-corrected chi connectivity index (χ1v) is 9.89. The van der Waals surface area contributed by atoms with E-state index in [2.05, 4.69) is 37.5 Å². The summed E-state index contributed by atoms with van der Waals surface area (Å²) in [5.41, 5.74) is 3.75. The maximum Gasteiger partial charge on any atom is 0.217 e. The van der Waals surface area contributed by atoms with E-state index in [1.807, 2.05) is 48.5 Å². The van der Waals surface area contributed by atoms with Crippen LogP contribution >= 0.6 is 0 Å². The molecule has 28 heavy (non-hydrogen) atoms. The minimum Gasteiger partial charge on any atom is -0.193 e. The Morgan fingerprint density at radius 1 is 0.643 bits per heavy atom. The van der Waals surface area contributed by atoms with Crippen LogP contribution in [-0.2, 0) is 12.8 Å². The average Bonchev–Trinajstić information content (AvgIpc) is 2.74. The molecular formula is C26H26F2. The van der Waals surface area contributed by atoms with Gasteiger partial charge in [-0.15, -0.1) is 0 Å². The van der Waals surface area contributed by atoms with Crippen LogP contribution in [0.25, 0.3) is 0 Å². The third kappa shape index (κ3) is 7.42. The molecule has 144 valence electrons. The van der Waals surface area contributed by atoms with Crippen molar-refractivity contribution in [3.8, 4) is 23.7 Å². The van der Waals surface area contributed by atoms with Crippen LogP contribution < -0.4 is 0 Å². The molecule has 0 saturated carbocycles. The highest BCUT2D eigenvalue weighted by atomic mass is 19.2. The monoisotopic (exact) mass is 376 g/mol. The van der Waals surface area contributed by atoms with E-state index in [1.165, 1.54) is 11.1 Å². The molecule has 2 aromatic rings. The molecule has 0 aliphatic heterocycles. The molecule has 0 heterocycles. The largest absolute Gasteiger partial charge is 0.217 e. The van der Waals surface area contributed by atoms with E-state index in [0.717, 1.165) is 38.5 Å². The van der Waals surface area contributed by atoms with Crippen molar-refractivity contribution >= 4 is 0 Å². The van der Waals surface area contributed by atoms with E-state index in [0.29, 0.717) is 11.1 Å². The molecule has 0 spiro atoms. The Morgan fingerprint density at radius 2 is 1.00 bits per heavy atom. The fourth-order valence-corrected chi connectivity index (χ4v) is 2.64. The van der Waals surface area contributed by atoms with Gasteiger partial charge in [0, 0.05) is 11.1 Å². The van der Waals surface area contributed by atoms with Crippen molar-refractivity contribution < 1.29 is 8.78 Å². The lowest BCUT2D eigenvalue weighted by atomic mass is 10.1. The van der Waals surface area contributed by atoms with Crippen LogP contribution in [-0.4, -0.2) is 0 Å². The van der Waals surface area contributed by atoms with Crippen molar-refractivity contribution in [2.75, 3.05) is 0 Å². The van der Waals surface area contributed by atoms with Gasteiger partial charge in [0.1, 0.15) is 0 Å². The molecular weight excluding hydrogens is 350 g/mol. The van der Waals surface area contributed by atoms with Gasteiger partial charge in [0.25, 0.3) is 0 Å². The van der Waals surface area contributed by atoms with Crippen LogP contribution in [0.3, 0.4) is 0 Å². The minimum absolute atomic E-state index is 0.652. The summed E-state index contributed by atoms with van der Waals surface area (Å²) in [6.07, 6.45) is 6.58. The van der Waals surface area contributed by atoms with Crippen molar-refractivity contribution in [1.82, 2.24) is 0 Å². The minimum atomic E-state index is -1.14. The molecule has 0 fully saturated rings. The molecule has 0 radical (unpaired) electrons. The summed E-state index contributed by atoms with van der Waals surface area (Å²) >= 11 is 0. The van der Waals surface area contributed by atoms with Gasteiger partial charge in [0.2, 0.25) is 11.7 Å². The lowest BCUT2D eigenvalue weighted by Gasteiger charge is -1.99. The van der Waals surface area contributed by atoms with Crippen LogP contribution in [0.2, 0.25) is 0 Å². The first kappa shape index (κ1) is 21.5. The van der Waals surface area contributed by atoms with Gasteiger partial charge in [0.05, 0.1) is 0 Å². The number of rotatable bonds is 6. The second kappa shape index (κ2) is 11.8. The van der Waals surface area contributed by atoms with Crippen LogP contribution in [0.4, 0.5) is 8.78 Å². The predicted molar refractivity (Wildman–Crippen MR) is 113 cm³/mol. The lowest BCUT2D eigenvalue weighted by molar-refractivity contribution is 0.584. The normalized spacial score (nSPS) is 11.0. The Balaban J connectivity index is 2.02. The molecule has 0 aliphatic carbocycles. The first-order chi connectivity index (χ1) is 13.6. The van der Waals surface area contributed by atoms with E-state index in [9.17, 15) is 8.78 Å². The number of benzene rings is 2.